The van der Waals surface area contributed by atoms with Crippen molar-refractivity contribution in [2.45, 2.75) is 33.1 Å². The highest BCUT2D eigenvalue weighted by molar-refractivity contribution is 6.01. The highest BCUT2D eigenvalue weighted by Gasteiger charge is 2.18. The van der Waals surface area contributed by atoms with E-state index in [1.807, 2.05) is 19.9 Å². The van der Waals surface area contributed by atoms with Gasteiger partial charge in [0.05, 0.1) is 12.7 Å². The first-order chi connectivity index (χ1) is 8.22. The summed E-state index contributed by atoms with van der Waals surface area (Å²) in [6.07, 6.45) is 2.41. The first-order valence-electron chi connectivity index (χ1n) is 5.97. The molecule has 0 saturated heterocycles. The molecule has 1 aliphatic carbocycles. The summed E-state index contributed by atoms with van der Waals surface area (Å²) in [5, 5.41) is 0. The number of hydrogen-bond donors (Lipinski definition) is 0. The quantitative estimate of drug-likeness (QED) is 0.701. The molecule has 17 heavy (non-hydrogen) atoms. The van der Waals surface area contributed by atoms with Crippen LogP contribution in [-0.2, 0) is 11.2 Å². The Kier molecular flexibility index (Phi) is 4.88. The zero-order chi connectivity index (χ0) is 12.8. The second-order valence-corrected chi connectivity index (χ2v) is 3.64. The van der Waals surface area contributed by atoms with Crippen LogP contribution in [-0.4, -0.2) is 18.9 Å². The lowest BCUT2D eigenvalue weighted by Crippen LogP contribution is -2.12. The van der Waals surface area contributed by atoms with Gasteiger partial charge in [0.25, 0.3) is 0 Å². The van der Waals surface area contributed by atoms with E-state index in [0.717, 1.165) is 18.4 Å². The second kappa shape index (κ2) is 6.18. The molecule has 3 heteroatoms. The third-order valence-electron chi connectivity index (χ3n) is 2.68. The van der Waals surface area contributed by atoms with Gasteiger partial charge < -0.3 is 4.74 Å². The molecule has 0 unspecified atom stereocenters. The minimum Gasteiger partial charge on any atom is -0.465 e. The fraction of sp³-hybridized carbons (Fsp3) is 0.429. The number of fused-ring (bicyclic) bond motifs is 1. The fourth-order valence-electron chi connectivity index (χ4n) is 1.87. The predicted octanol–water partition coefficient (Wildman–Crippen LogP) is 3.02. The Labute approximate surface area is 102 Å². The van der Waals surface area contributed by atoms with Gasteiger partial charge in [0.2, 0.25) is 0 Å². The Morgan fingerprint density at radius 1 is 1.24 bits per heavy atom. The monoisotopic (exact) mass is 234 g/mol. The SMILES string of the molecule is CC.COC(=O)c1ccc2c(c1)C(=O)CCC2. The van der Waals surface area contributed by atoms with Gasteiger partial charge in [-0.05, 0) is 30.5 Å². The van der Waals surface area contributed by atoms with Crippen molar-refractivity contribution in [3.05, 3.63) is 34.9 Å². The van der Waals surface area contributed by atoms with Crippen LogP contribution in [0.15, 0.2) is 18.2 Å². The molecule has 3 nitrogen and oxygen atoms in total. The third-order valence-corrected chi connectivity index (χ3v) is 2.68. The molecule has 1 aromatic rings. The van der Waals surface area contributed by atoms with Crippen molar-refractivity contribution in [3.8, 4) is 0 Å². The number of benzene rings is 1. The van der Waals surface area contributed by atoms with Gasteiger partial charge in [-0.15, -0.1) is 0 Å². The van der Waals surface area contributed by atoms with Crippen LogP contribution in [0.1, 0.15) is 53.0 Å². The number of aryl methyl sites for hydroxylation is 1. The van der Waals surface area contributed by atoms with Gasteiger partial charge in [-0.3, -0.25) is 4.79 Å². The molecule has 0 spiro atoms. The molecule has 0 aliphatic heterocycles. The van der Waals surface area contributed by atoms with Gasteiger partial charge in [0, 0.05) is 12.0 Å². The lowest BCUT2D eigenvalue weighted by Gasteiger charge is -2.14. The van der Waals surface area contributed by atoms with Crippen LogP contribution in [0.2, 0.25) is 0 Å². The van der Waals surface area contributed by atoms with Crippen molar-refractivity contribution in [1.82, 2.24) is 0 Å². The maximum atomic E-state index is 11.6. The topological polar surface area (TPSA) is 43.4 Å². The Balaban J connectivity index is 0.000000686. The zero-order valence-corrected chi connectivity index (χ0v) is 10.6. The van der Waals surface area contributed by atoms with Crippen molar-refractivity contribution < 1.29 is 14.3 Å². The zero-order valence-electron chi connectivity index (χ0n) is 10.6. The van der Waals surface area contributed by atoms with Crippen LogP contribution >= 0.6 is 0 Å². The first-order valence-corrected chi connectivity index (χ1v) is 5.97. The number of carbonyl (C=O) groups is 2. The molecule has 0 N–H and O–H groups in total. The molecule has 92 valence electrons. The standard InChI is InChI=1S/C12H12O3.C2H6/c1-15-12(14)9-6-5-8-3-2-4-11(13)10(8)7-9;1-2/h5-7H,2-4H2,1H3;1-2H3. The molecule has 0 bridgehead atoms. The van der Waals surface area contributed by atoms with Crippen LogP contribution in [0.5, 0.6) is 0 Å². The molecule has 0 atom stereocenters. The number of ketones is 1. The molecule has 0 saturated carbocycles. The van der Waals surface area contributed by atoms with Gasteiger partial charge >= 0.3 is 5.97 Å². The van der Waals surface area contributed by atoms with Crippen LogP contribution in [0, 0.1) is 0 Å². The van der Waals surface area contributed by atoms with Crippen molar-refractivity contribution >= 4 is 11.8 Å². The normalized spacial score (nSPS) is 13.2. The summed E-state index contributed by atoms with van der Waals surface area (Å²) in [6.45, 7) is 4.00. The molecular weight excluding hydrogens is 216 g/mol. The minimum absolute atomic E-state index is 0.127. The number of carbonyl (C=O) groups excluding carboxylic acids is 2. The molecule has 2 rings (SSSR count). The molecular formula is C14H18O3. The van der Waals surface area contributed by atoms with Crippen molar-refractivity contribution in [1.29, 1.82) is 0 Å². The van der Waals surface area contributed by atoms with Crippen molar-refractivity contribution in [2.24, 2.45) is 0 Å². The maximum absolute atomic E-state index is 11.6. The Morgan fingerprint density at radius 3 is 2.59 bits per heavy atom. The van der Waals surface area contributed by atoms with E-state index in [0.29, 0.717) is 17.5 Å². The number of methoxy groups -OCH3 is 1. The fourth-order valence-corrected chi connectivity index (χ4v) is 1.87. The van der Waals surface area contributed by atoms with Gasteiger partial charge in [0.1, 0.15) is 0 Å². The summed E-state index contributed by atoms with van der Waals surface area (Å²) in [7, 11) is 1.34. The van der Waals surface area contributed by atoms with Gasteiger partial charge in [0.15, 0.2) is 5.78 Å². The summed E-state index contributed by atoms with van der Waals surface area (Å²) in [4.78, 5) is 22.9. The maximum Gasteiger partial charge on any atom is 0.337 e. The lowest BCUT2D eigenvalue weighted by atomic mass is 9.89. The Morgan fingerprint density at radius 2 is 1.94 bits per heavy atom. The molecule has 0 aromatic heterocycles. The summed E-state index contributed by atoms with van der Waals surface area (Å²) in [6, 6.07) is 5.20. The van der Waals surface area contributed by atoms with E-state index in [-0.39, 0.29) is 5.78 Å². The van der Waals surface area contributed by atoms with Crippen LogP contribution in [0.25, 0.3) is 0 Å². The number of ether oxygens (including phenoxy) is 1. The van der Waals surface area contributed by atoms with Gasteiger partial charge in [-0.25, -0.2) is 4.79 Å². The summed E-state index contributed by atoms with van der Waals surface area (Å²) in [5.74, 6) is -0.266. The van der Waals surface area contributed by atoms with E-state index in [9.17, 15) is 9.59 Å². The van der Waals surface area contributed by atoms with E-state index >= 15 is 0 Å². The minimum atomic E-state index is -0.392. The third kappa shape index (κ3) is 2.93. The average Bonchev–Trinajstić information content (AvgIpc) is 2.40. The number of esters is 1. The van der Waals surface area contributed by atoms with Crippen LogP contribution in [0.4, 0.5) is 0 Å². The highest BCUT2D eigenvalue weighted by atomic mass is 16.5. The first kappa shape index (κ1) is 13.4. The van der Waals surface area contributed by atoms with Gasteiger partial charge in [-0.2, -0.15) is 0 Å². The molecule has 1 aliphatic rings. The predicted molar refractivity (Wildman–Crippen MR) is 66.4 cm³/mol. The largest absolute Gasteiger partial charge is 0.465 e. The lowest BCUT2D eigenvalue weighted by molar-refractivity contribution is 0.0600. The van der Waals surface area contributed by atoms with Crippen LogP contribution < -0.4 is 0 Å². The average molecular weight is 234 g/mol. The van der Waals surface area contributed by atoms with E-state index in [1.54, 1.807) is 12.1 Å². The summed E-state index contributed by atoms with van der Waals surface area (Å²) in [5.41, 5.74) is 2.18. The van der Waals surface area contributed by atoms with E-state index in [4.69, 9.17) is 0 Å². The molecule has 0 fully saturated rings. The second-order valence-electron chi connectivity index (χ2n) is 3.64. The summed E-state index contributed by atoms with van der Waals surface area (Å²) >= 11 is 0. The number of rotatable bonds is 1. The molecule has 1 aromatic carbocycles. The molecule has 0 heterocycles. The number of hydrogen-bond acceptors (Lipinski definition) is 3. The van der Waals surface area contributed by atoms with Crippen molar-refractivity contribution in [2.75, 3.05) is 7.11 Å². The smallest absolute Gasteiger partial charge is 0.337 e. The van der Waals surface area contributed by atoms with E-state index in [2.05, 4.69) is 4.74 Å². The number of Topliss-reactive ketones (excluding diaryl/α,β-unsaturated/α-hetero) is 1. The molecule has 0 radical (unpaired) electrons. The van der Waals surface area contributed by atoms with Gasteiger partial charge in [-0.1, -0.05) is 19.9 Å². The van der Waals surface area contributed by atoms with E-state index in [1.165, 1.54) is 7.11 Å². The highest BCUT2D eigenvalue weighted by Crippen LogP contribution is 2.22. The Bertz CT molecular complexity index is 421. The summed E-state index contributed by atoms with van der Waals surface area (Å²) < 4.78 is 4.61. The Hall–Kier alpha value is -1.64. The molecule has 0 amide bonds. The van der Waals surface area contributed by atoms with Crippen LogP contribution in [0.3, 0.4) is 0 Å². The van der Waals surface area contributed by atoms with Crippen molar-refractivity contribution in [3.63, 3.8) is 0 Å². The van der Waals surface area contributed by atoms with E-state index < -0.39 is 5.97 Å².